The Morgan fingerprint density at radius 2 is 1.21 bits per heavy atom. The van der Waals surface area contributed by atoms with E-state index in [2.05, 4.69) is 0 Å². The van der Waals surface area contributed by atoms with Gasteiger partial charge in [-0.25, -0.2) is 0 Å². The largest absolute Gasteiger partial charge is 0.499 e. The molecule has 0 heterocycles. The molecule has 19 heavy (non-hydrogen) atoms. The molecule has 0 aromatic carbocycles. The van der Waals surface area contributed by atoms with Gasteiger partial charge in [-0.1, -0.05) is 26.0 Å². The van der Waals surface area contributed by atoms with E-state index in [0.717, 1.165) is 12.8 Å². The van der Waals surface area contributed by atoms with Gasteiger partial charge in [0.1, 0.15) is 25.4 Å². The molecule has 0 aromatic rings. The van der Waals surface area contributed by atoms with Crippen molar-refractivity contribution in [3.05, 3.63) is 24.7 Å². The first kappa shape index (κ1) is 18.0. The van der Waals surface area contributed by atoms with E-state index in [0.29, 0.717) is 0 Å². The molecule has 0 aliphatic carbocycles. The van der Waals surface area contributed by atoms with Gasteiger partial charge in [-0.15, -0.1) is 0 Å². The maximum atomic E-state index is 9.50. The highest BCUT2D eigenvalue weighted by Crippen LogP contribution is 1.93. The third kappa shape index (κ3) is 13.2. The zero-order valence-corrected chi connectivity index (χ0v) is 11.8. The molecule has 0 saturated heterocycles. The first-order valence-electron chi connectivity index (χ1n) is 6.67. The normalized spacial score (nSPS) is 14.9. The maximum Gasteiger partial charge on any atom is 0.115 e. The van der Waals surface area contributed by atoms with E-state index in [4.69, 9.17) is 14.2 Å². The van der Waals surface area contributed by atoms with Gasteiger partial charge in [-0.2, -0.15) is 0 Å². The fraction of sp³-hybridized carbons (Fsp3) is 0.714. The molecule has 2 N–H and O–H groups in total. The molecule has 0 fully saturated rings. The van der Waals surface area contributed by atoms with Crippen LogP contribution < -0.4 is 0 Å². The summed E-state index contributed by atoms with van der Waals surface area (Å²) in [5.74, 6) is 0. The van der Waals surface area contributed by atoms with Gasteiger partial charge in [0.25, 0.3) is 0 Å². The third-order valence-corrected chi connectivity index (χ3v) is 2.05. The number of aliphatic hydroxyl groups is 2. The quantitative estimate of drug-likeness (QED) is 0.529. The Kier molecular flexibility index (Phi) is 12.7. The van der Waals surface area contributed by atoms with Crippen molar-refractivity contribution in [1.29, 1.82) is 0 Å². The van der Waals surface area contributed by atoms with E-state index in [1.165, 1.54) is 0 Å². The van der Waals surface area contributed by atoms with Crippen LogP contribution in [0.15, 0.2) is 24.7 Å². The molecular weight excluding hydrogens is 248 g/mol. The molecular formula is C14H26O5. The molecule has 0 aliphatic heterocycles. The summed E-state index contributed by atoms with van der Waals surface area (Å²) in [7, 11) is 0. The molecule has 112 valence electrons. The first-order valence-corrected chi connectivity index (χ1v) is 6.67. The Morgan fingerprint density at radius 1 is 0.789 bits per heavy atom. The third-order valence-electron chi connectivity index (χ3n) is 2.05. The topological polar surface area (TPSA) is 68.2 Å². The van der Waals surface area contributed by atoms with Crippen LogP contribution in [0.2, 0.25) is 0 Å². The molecule has 0 saturated carbocycles. The molecule has 5 heteroatoms. The number of aliphatic hydroxyl groups excluding tert-OH is 2. The molecule has 0 aliphatic rings. The van der Waals surface area contributed by atoms with Gasteiger partial charge in [-0.05, 0) is 12.8 Å². The highest BCUT2D eigenvalue weighted by Gasteiger charge is 2.08. The van der Waals surface area contributed by atoms with Crippen LogP contribution >= 0.6 is 0 Å². The van der Waals surface area contributed by atoms with Gasteiger partial charge >= 0.3 is 0 Å². The van der Waals surface area contributed by atoms with Crippen molar-refractivity contribution >= 4 is 0 Å². The number of rotatable bonds is 12. The van der Waals surface area contributed by atoms with Gasteiger partial charge in [0.15, 0.2) is 0 Å². The van der Waals surface area contributed by atoms with Gasteiger partial charge in [0.2, 0.25) is 0 Å². The van der Waals surface area contributed by atoms with Crippen LogP contribution in [0.5, 0.6) is 0 Å². The fourth-order valence-corrected chi connectivity index (χ4v) is 1.10. The highest BCUT2D eigenvalue weighted by molar-refractivity contribution is 4.72. The lowest BCUT2D eigenvalue weighted by atomic mass is 10.4. The lowest BCUT2D eigenvalue weighted by Crippen LogP contribution is -2.26. The summed E-state index contributed by atoms with van der Waals surface area (Å²) in [4.78, 5) is 0. The number of allylic oxidation sites excluding steroid dienone is 2. The minimum atomic E-state index is -0.699. The second-order valence-corrected chi connectivity index (χ2v) is 4.07. The van der Waals surface area contributed by atoms with Crippen molar-refractivity contribution in [3.8, 4) is 0 Å². The molecule has 0 rings (SSSR count). The highest BCUT2D eigenvalue weighted by atomic mass is 16.5. The summed E-state index contributed by atoms with van der Waals surface area (Å²) in [6.07, 6.45) is 7.23. The Morgan fingerprint density at radius 3 is 1.58 bits per heavy atom. The van der Waals surface area contributed by atoms with Crippen molar-refractivity contribution < 1.29 is 24.4 Å². The van der Waals surface area contributed by atoms with Crippen LogP contribution in [0.3, 0.4) is 0 Å². The Labute approximate surface area is 115 Å². The standard InChI is InChI=1S/C14H26O5/c1-3-5-7-17-9-13(15)11-19-12-14(16)10-18-8-6-4-2/h5-8,13-16H,3-4,9-12H2,1-2H3. The van der Waals surface area contributed by atoms with Gasteiger partial charge in [0.05, 0.1) is 25.7 Å². The number of hydrogen-bond acceptors (Lipinski definition) is 5. The van der Waals surface area contributed by atoms with Crippen LogP contribution in [0.4, 0.5) is 0 Å². The van der Waals surface area contributed by atoms with E-state index in [-0.39, 0.29) is 26.4 Å². The Balaban J connectivity index is 3.44. The Hall–Kier alpha value is -1.04. The number of hydrogen-bond donors (Lipinski definition) is 2. The molecule has 0 bridgehead atoms. The second-order valence-electron chi connectivity index (χ2n) is 4.07. The average molecular weight is 274 g/mol. The molecule has 2 unspecified atom stereocenters. The summed E-state index contributed by atoms with van der Waals surface area (Å²) in [6, 6.07) is 0. The van der Waals surface area contributed by atoms with E-state index < -0.39 is 12.2 Å². The van der Waals surface area contributed by atoms with E-state index in [9.17, 15) is 10.2 Å². The lowest BCUT2D eigenvalue weighted by molar-refractivity contribution is -0.0394. The van der Waals surface area contributed by atoms with Crippen LogP contribution in [-0.4, -0.2) is 48.8 Å². The van der Waals surface area contributed by atoms with Crippen molar-refractivity contribution in [2.24, 2.45) is 0 Å². The minimum Gasteiger partial charge on any atom is -0.499 e. The van der Waals surface area contributed by atoms with E-state index in [1.807, 2.05) is 26.0 Å². The van der Waals surface area contributed by atoms with Crippen molar-refractivity contribution in [1.82, 2.24) is 0 Å². The SMILES string of the molecule is CCC=COCC(O)COCC(O)COC=CCC. The molecule has 0 amide bonds. The van der Waals surface area contributed by atoms with Gasteiger partial charge in [-0.3, -0.25) is 0 Å². The predicted octanol–water partition coefficient (Wildman–Crippen LogP) is 1.61. The van der Waals surface area contributed by atoms with Gasteiger partial charge in [0, 0.05) is 0 Å². The fourth-order valence-electron chi connectivity index (χ4n) is 1.10. The van der Waals surface area contributed by atoms with Crippen molar-refractivity contribution in [3.63, 3.8) is 0 Å². The molecule has 0 aromatic heterocycles. The summed E-state index contributed by atoms with van der Waals surface area (Å²) in [6.45, 7) is 4.62. The smallest absolute Gasteiger partial charge is 0.115 e. The molecule has 5 nitrogen and oxygen atoms in total. The number of ether oxygens (including phenoxy) is 3. The van der Waals surface area contributed by atoms with E-state index >= 15 is 0 Å². The monoisotopic (exact) mass is 274 g/mol. The summed E-state index contributed by atoms with van der Waals surface area (Å²) in [5, 5.41) is 19.0. The second kappa shape index (κ2) is 13.4. The minimum absolute atomic E-state index is 0.127. The maximum absolute atomic E-state index is 9.50. The van der Waals surface area contributed by atoms with Crippen LogP contribution in [0.25, 0.3) is 0 Å². The zero-order valence-electron chi connectivity index (χ0n) is 11.8. The molecule has 0 spiro atoms. The molecule has 2 atom stereocenters. The zero-order chi connectivity index (χ0) is 14.3. The van der Waals surface area contributed by atoms with E-state index in [1.54, 1.807) is 12.5 Å². The lowest BCUT2D eigenvalue weighted by Gasteiger charge is -2.13. The predicted molar refractivity (Wildman–Crippen MR) is 73.6 cm³/mol. The van der Waals surface area contributed by atoms with Gasteiger partial charge < -0.3 is 24.4 Å². The van der Waals surface area contributed by atoms with Crippen LogP contribution in [0.1, 0.15) is 26.7 Å². The average Bonchev–Trinajstić information content (AvgIpc) is 2.40. The Bertz CT molecular complexity index is 216. The van der Waals surface area contributed by atoms with Crippen LogP contribution in [-0.2, 0) is 14.2 Å². The van der Waals surface area contributed by atoms with Crippen LogP contribution in [0, 0.1) is 0 Å². The first-order chi connectivity index (χ1) is 9.20. The van der Waals surface area contributed by atoms with Crippen molar-refractivity contribution in [2.45, 2.75) is 38.9 Å². The summed E-state index contributed by atoms with van der Waals surface area (Å²) in [5.41, 5.74) is 0. The molecule has 0 radical (unpaired) electrons. The van der Waals surface area contributed by atoms with Crippen molar-refractivity contribution in [2.75, 3.05) is 26.4 Å². The summed E-state index contributed by atoms with van der Waals surface area (Å²) >= 11 is 0. The summed E-state index contributed by atoms with van der Waals surface area (Å²) < 4.78 is 15.3.